The molecule has 2 rings (SSSR count). The van der Waals surface area contributed by atoms with Crippen LogP contribution in [-0.2, 0) is 13.1 Å². The third kappa shape index (κ3) is 2.72. The number of hydrogen-bond acceptors (Lipinski definition) is 1. The molecule has 0 saturated heterocycles. The summed E-state index contributed by atoms with van der Waals surface area (Å²) in [7, 11) is 2.26. The molecule has 0 bridgehead atoms. The maximum absolute atomic E-state index is 4.77. The summed E-state index contributed by atoms with van der Waals surface area (Å²) in [6.07, 6.45) is 2.56. The number of rotatable bonds is 6. The van der Waals surface area contributed by atoms with Gasteiger partial charge in [0.1, 0.15) is 6.54 Å². The van der Waals surface area contributed by atoms with Crippen LogP contribution in [0.2, 0.25) is 0 Å². The monoisotopic (exact) mass is 246 g/mol. The fraction of sp³-hybridized carbons (Fsp3) is 0.533. The van der Waals surface area contributed by atoms with E-state index in [-0.39, 0.29) is 0 Å². The molecular formula is C15H24N3+. The Kier molecular flexibility index (Phi) is 4.37. The number of nitrogens with zero attached hydrogens (tertiary/aromatic N) is 2. The quantitative estimate of drug-likeness (QED) is 0.826. The minimum atomic E-state index is 0.997. The molecule has 0 aliphatic rings. The molecule has 0 amide bonds. The lowest BCUT2D eigenvalue weighted by Crippen LogP contribution is -3.07. The first-order valence-electron chi connectivity index (χ1n) is 7.01. The Morgan fingerprint density at radius 3 is 2.72 bits per heavy atom. The van der Waals surface area contributed by atoms with Gasteiger partial charge in [0.15, 0.2) is 5.82 Å². The minimum Gasteiger partial charge on any atom is -0.331 e. The summed E-state index contributed by atoms with van der Waals surface area (Å²) in [6.45, 7) is 7.68. The van der Waals surface area contributed by atoms with E-state index in [4.69, 9.17) is 4.98 Å². The van der Waals surface area contributed by atoms with Crippen LogP contribution in [0.1, 0.15) is 32.5 Å². The molecule has 1 atom stereocenters. The number of para-hydroxylation sites is 2. The molecule has 0 radical (unpaired) electrons. The van der Waals surface area contributed by atoms with Crippen LogP contribution in [0.3, 0.4) is 0 Å². The van der Waals surface area contributed by atoms with Crippen LogP contribution in [0.4, 0.5) is 0 Å². The van der Waals surface area contributed by atoms with Crippen molar-refractivity contribution >= 4 is 11.0 Å². The van der Waals surface area contributed by atoms with Crippen LogP contribution in [0.15, 0.2) is 24.3 Å². The van der Waals surface area contributed by atoms with Gasteiger partial charge in [0.05, 0.1) is 24.6 Å². The van der Waals surface area contributed by atoms with Crippen LogP contribution in [0.5, 0.6) is 0 Å². The number of benzene rings is 1. The number of hydrogen-bond donors (Lipinski definition) is 1. The average Bonchev–Trinajstić information content (AvgIpc) is 2.73. The van der Waals surface area contributed by atoms with Gasteiger partial charge >= 0.3 is 0 Å². The number of aromatic nitrogens is 2. The molecule has 98 valence electrons. The van der Waals surface area contributed by atoms with Crippen LogP contribution < -0.4 is 4.90 Å². The highest BCUT2D eigenvalue weighted by Crippen LogP contribution is 2.15. The predicted octanol–water partition coefficient (Wildman–Crippen LogP) is 1.87. The molecule has 1 N–H and O–H groups in total. The second-order valence-corrected chi connectivity index (χ2v) is 5.00. The second kappa shape index (κ2) is 6.01. The first-order valence-corrected chi connectivity index (χ1v) is 7.01. The highest BCUT2D eigenvalue weighted by Gasteiger charge is 2.12. The Balaban J connectivity index is 2.21. The number of fused-ring (bicyclic) bond motifs is 1. The number of imidazole rings is 1. The van der Waals surface area contributed by atoms with Crippen molar-refractivity contribution in [3.8, 4) is 0 Å². The van der Waals surface area contributed by atoms with Gasteiger partial charge in [0.25, 0.3) is 0 Å². The molecule has 3 nitrogen and oxygen atoms in total. The SMILES string of the molecule is CCCC[NH+](C)Cc1nc2ccccc2n1CC. The zero-order chi connectivity index (χ0) is 13.0. The van der Waals surface area contributed by atoms with Crippen molar-refractivity contribution in [3.05, 3.63) is 30.1 Å². The van der Waals surface area contributed by atoms with Gasteiger partial charge in [-0.3, -0.25) is 0 Å². The fourth-order valence-corrected chi connectivity index (χ4v) is 2.45. The smallest absolute Gasteiger partial charge is 0.165 e. The predicted molar refractivity (Wildman–Crippen MR) is 75.8 cm³/mol. The molecule has 18 heavy (non-hydrogen) atoms. The van der Waals surface area contributed by atoms with E-state index in [1.165, 1.54) is 30.7 Å². The summed E-state index contributed by atoms with van der Waals surface area (Å²) >= 11 is 0. The number of nitrogens with one attached hydrogen (secondary N) is 1. The van der Waals surface area contributed by atoms with Crippen LogP contribution in [0, 0.1) is 0 Å². The Morgan fingerprint density at radius 2 is 2.00 bits per heavy atom. The molecule has 3 heteroatoms. The highest BCUT2D eigenvalue weighted by atomic mass is 15.2. The fourth-order valence-electron chi connectivity index (χ4n) is 2.45. The third-order valence-corrected chi connectivity index (χ3v) is 3.47. The zero-order valence-electron chi connectivity index (χ0n) is 11.7. The Labute approximate surface area is 109 Å². The van der Waals surface area contributed by atoms with E-state index in [9.17, 15) is 0 Å². The van der Waals surface area contributed by atoms with Crippen molar-refractivity contribution in [2.75, 3.05) is 13.6 Å². The topological polar surface area (TPSA) is 22.3 Å². The van der Waals surface area contributed by atoms with Gasteiger partial charge in [0, 0.05) is 6.54 Å². The van der Waals surface area contributed by atoms with E-state index in [1.54, 1.807) is 4.90 Å². The van der Waals surface area contributed by atoms with Crippen LogP contribution in [0.25, 0.3) is 11.0 Å². The largest absolute Gasteiger partial charge is 0.331 e. The maximum atomic E-state index is 4.77. The molecule has 0 spiro atoms. The highest BCUT2D eigenvalue weighted by molar-refractivity contribution is 5.75. The molecule has 1 heterocycles. The van der Waals surface area contributed by atoms with Crippen molar-refractivity contribution < 1.29 is 4.90 Å². The van der Waals surface area contributed by atoms with Crippen LogP contribution in [-0.4, -0.2) is 23.1 Å². The maximum Gasteiger partial charge on any atom is 0.165 e. The summed E-state index contributed by atoms with van der Waals surface area (Å²) in [6, 6.07) is 8.42. The molecule has 0 fully saturated rings. The van der Waals surface area contributed by atoms with E-state index >= 15 is 0 Å². The van der Waals surface area contributed by atoms with E-state index in [2.05, 4.69) is 49.7 Å². The lowest BCUT2D eigenvalue weighted by Gasteiger charge is -2.14. The molecule has 0 aliphatic heterocycles. The summed E-state index contributed by atoms with van der Waals surface area (Å²) in [4.78, 5) is 6.32. The lowest BCUT2D eigenvalue weighted by molar-refractivity contribution is -0.894. The van der Waals surface area contributed by atoms with Gasteiger partial charge in [-0.05, 0) is 25.5 Å². The van der Waals surface area contributed by atoms with Crippen molar-refractivity contribution in [2.45, 2.75) is 39.8 Å². The Bertz CT molecular complexity index is 501. The summed E-state index contributed by atoms with van der Waals surface area (Å²) in [5.41, 5.74) is 2.39. The average molecular weight is 246 g/mol. The third-order valence-electron chi connectivity index (χ3n) is 3.47. The molecule has 1 aromatic heterocycles. The van der Waals surface area contributed by atoms with Gasteiger partial charge in [-0.25, -0.2) is 4.98 Å². The van der Waals surface area contributed by atoms with Crippen molar-refractivity contribution in [1.29, 1.82) is 0 Å². The van der Waals surface area contributed by atoms with E-state index in [1.807, 2.05) is 0 Å². The lowest BCUT2D eigenvalue weighted by atomic mass is 10.3. The second-order valence-electron chi connectivity index (χ2n) is 5.00. The van der Waals surface area contributed by atoms with Gasteiger partial charge < -0.3 is 9.47 Å². The molecule has 0 aliphatic carbocycles. The number of aryl methyl sites for hydroxylation is 1. The summed E-state index contributed by atoms with van der Waals surface area (Å²) < 4.78 is 2.34. The normalized spacial score (nSPS) is 13.1. The summed E-state index contributed by atoms with van der Waals surface area (Å²) in [5, 5.41) is 0. The summed E-state index contributed by atoms with van der Waals surface area (Å²) in [5.74, 6) is 1.22. The molecular weight excluding hydrogens is 222 g/mol. The van der Waals surface area contributed by atoms with Crippen LogP contribution >= 0.6 is 0 Å². The molecule has 1 unspecified atom stereocenters. The van der Waals surface area contributed by atoms with Gasteiger partial charge in [-0.2, -0.15) is 0 Å². The molecule has 1 aromatic carbocycles. The zero-order valence-corrected chi connectivity index (χ0v) is 11.7. The Hall–Kier alpha value is -1.35. The minimum absolute atomic E-state index is 0.997. The van der Waals surface area contributed by atoms with Gasteiger partial charge in [0.2, 0.25) is 0 Å². The van der Waals surface area contributed by atoms with E-state index in [0.29, 0.717) is 0 Å². The number of quaternary nitrogens is 1. The van der Waals surface area contributed by atoms with Gasteiger partial charge in [-0.15, -0.1) is 0 Å². The van der Waals surface area contributed by atoms with Crippen molar-refractivity contribution in [3.63, 3.8) is 0 Å². The van der Waals surface area contributed by atoms with Crippen molar-refractivity contribution in [1.82, 2.24) is 9.55 Å². The van der Waals surface area contributed by atoms with E-state index in [0.717, 1.165) is 18.6 Å². The first kappa shape index (κ1) is 13.1. The van der Waals surface area contributed by atoms with E-state index < -0.39 is 0 Å². The van der Waals surface area contributed by atoms with Crippen molar-refractivity contribution in [2.24, 2.45) is 0 Å². The standard InChI is InChI=1S/C15H23N3/c1-4-6-11-17(3)12-15-16-13-9-7-8-10-14(13)18(15)5-2/h7-10H,4-6,11-12H2,1-3H3/p+1. The number of unbranched alkanes of at least 4 members (excludes halogenated alkanes) is 1. The van der Waals surface area contributed by atoms with Gasteiger partial charge in [-0.1, -0.05) is 25.5 Å². The molecule has 2 aromatic rings. The Morgan fingerprint density at radius 1 is 1.22 bits per heavy atom. The first-order chi connectivity index (χ1) is 8.76. The molecule has 0 saturated carbocycles.